The van der Waals surface area contributed by atoms with Gasteiger partial charge >= 0.3 is 0 Å². The predicted octanol–water partition coefficient (Wildman–Crippen LogP) is 4.05. The Bertz CT molecular complexity index is 484. The van der Waals surface area contributed by atoms with E-state index >= 15 is 0 Å². The van der Waals surface area contributed by atoms with Crippen LogP contribution in [0.3, 0.4) is 0 Å². The molecule has 1 heterocycles. The van der Waals surface area contributed by atoms with Crippen LogP contribution in [0.25, 0.3) is 0 Å². The third-order valence-corrected chi connectivity index (χ3v) is 5.28. The highest BCUT2D eigenvalue weighted by atomic mass is 79.9. The average Bonchev–Trinajstić information content (AvgIpc) is 2.46. The van der Waals surface area contributed by atoms with Gasteiger partial charge in [-0.1, -0.05) is 35.7 Å². The molecule has 1 unspecified atom stereocenters. The molecule has 0 spiro atoms. The molecule has 2 N–H and O–H groups in total. The third-order valence-electron chi connectivity index (χ3n) is 4.59. The molecule has 3 rings (SSSR count). The van der Waals surface area contributed by atoms with Gasteiger partial charge in [0.15, 0.2) is 11.5 Å². The molecule has 0 saturated heterocycles. The van der Waals surface area contributed by atoms with Crippen LogP contribution >= 0.6 is 15.9 Å². The average molecular weight is 340 g/mol. The first-order valence-corrected chi connectivity index (χ1v) is 8.29. The van der Waals surface area contributed by atoms with Gasteiger partial charge in [-0.15, -0.1) is 0 Å². The van der Waals surface area contributed by atoms with Gasteiger partial charge in [0.2, 0.25) is 0 Å². The van der Waals surface area contributed by atoms with E-state index in [1.54, 1.807) is 0 Å². The summed E-state index contributed by atoms with van der Waals surface area (Å²) in [4.78, 5) is 0. The van der Waals surface area contributed by atoms with Gasteiger partial charge in [0.25, 0.3) is 0 Å². The molecule has 3 nitrogen and oxygen atoms in total. The SMILES string of the molecule is CC1CCC(C(N)c2cc3c(cc2Br)OCCO3)CC1. The van der Waals surface area contributed by atoms with Gasteiger partial charge < -0.3 is 15.2 Å². The van der Waals surface area contributed by atoms with E-state index in [1.807, 2.05) is 6.07 Å². The lowest BCUT2D eigenvalue weighted by atomic mass is 9.77. The number of ether oxygens (including phenoxy) is 2. The van der Waals surface area contributed by atoms with Gasteiger partial charge in [0.05, 0.1) is 0 Å². The highest BCUT2D eigenvalue weighted by molar-refractivity contribution is 9.10. The highest BCUT2D eigenvalue weighted by Gasteiger charge is 2.27. The molecule has 0 amide bonds. The van der Waals surface area contributed by atoms with E-state index < -0.39 is 0 Å². The van der Waals surface area contributed by atoms with Crippen LogP contribution in [0, 0.1) is 11.8 Å². The summed E-state index contributed by atoms with van der Waals surface area (Å²) in [6, 6.07) is 4.13. The van der Waals surface area contributed by atoms with Crippen LogP contribution in [0.4, 0.5) is 0 Å². The fraction of sp³-hybridized carbons (Fsp3) is 0.625. The molecule has 1 atom stereocenters. The summed E-state index contributed by atoms with van der Waals surface area (Å²) < 4.78 is 12.3. The Kier molecular flexibility index (Phi) is 4.22. The van der Waals surface area contributed by atoms with E-state index in [0.717, 1.165) is 27.5 Å². The zero-order valence-electron chi connectivity index (χ0n) is 11.9. The van der Waals surface area contributed by atoms with Crippen molar-refractivity contribution in [2.24, 2.45) is 17.6 Å². The monoisotopic (exact) mass is 339 g/mol. The van der Waals surface area contributed by atoms with Crippen LogP contribution in [-0.2, 0) is 0 Å². The van der Waals surface area contributed by atoms with Crippen molar-refractivity contribution in [3.63, 3.8) is 0 Å². The zero-order valence-corrected chi connectivity index (χ0v) is 13.5. The Morgan fingerprint density at radius 1 is 1.10 bits per heavy atom. The number of benzene rings is 1. The minimum absolute atomic E-state index is 0.0766. The van der Waals surface area contributed by atoms with Gasteiger partial charge in [-0.05, 0) is 42.4 Å². The standard InChI is InChI=1S/C16H22BrNO2/c1-10-2-4-11(5-3-10)16(18)12-8-14-15(9-13(12)17)20-7-6-19-14/h8-11,16H,2-7,18H2,1H3. The van der Waals surface area contributed by atoms with Gasteiger partial charge in [-0.25, -0.2) is 0 Å². The lowest BCUT2D eigenvalue weighted by Gasteiger charge is -2.32. The van der Waals surface area contributed by atoms with Gasteiger partial charge in [0, 0.05) is 10.5 Å². The number of hydrogen-bond donors (Lipinski definition) is 1. The van der Waals surface area contributed by atoms with Crippen molar-refractivity contribution < 1.29 is 9.47 Å². The second kappa shape index (κ2) is 5.94. The van der Waals surface area contributed by atoms with Crippen molar-refractivity contribution in [1.29, 1.82) is 0 Å². The van der Waals surface area contributed by atoms with Crippen LogP contribution in [0.1, 0.15) is 44.2 Å². The van der Waals surface area contributed by atoms with Crippen LogP contribution in [0.15, 0.2) is 16.6 Å². The fourth-order valence-electron chi connectivity index (χ4n) is 3.23. The van der Waals surface area contributed by atoms with Crippen molar-refractivity contribution >= 4 is 15.9 Å². The first-order valence-electron chi connectivity index (χ1n) is 7.49. The molecule has 2 aliphatic rings. The Balaban J connectivity index is 1.82. The highest BCUT2D eigenvalue weighted by Crippen LogP contribution is 2.42. The van der Waals surface area contributed by atoms with Crippen LogP contribution in [0.5, 0.6) is 11.5 Å². The Morgan fingerprint density at radius 3 is 2.35 bits per heavy atom. The number of fused-ring (bicyclic) bond motifs is 1. The second-order valence-corrected chi connectivity index (χ2v) is 6.92. The molecule has 1 aromatic carbocycles. The van der Waals surface area contributed by atoms with Crippen molar-refractivity contribution in [2.75, 3.05) is 13.2 Å². The largest absolute Gasteiger partial charge is 0.486 e. The normalized spacial score (nSPS) is 27.1. The Labute approximate surface area is 129 Å². The smallest absolute Gasteiger partial charge is 0.162 e. The van der Waals surface area contributed by atoms with E-state index in [9.17, 15) is 0 Å². The molecule has 1 aliphatic carbocycles. The second-order valence-electron chi connectivity index (χ2n) is 6.06. The van der Waals surface area contributed by atoms with E-state index in [-0.39, 0.29) is 6.04 Å². The van der Waals surface area contributed by atoms with Gasteiger partial charge in [0.1, 0.15) is 13.2 Å². The molecule has 1 saturated carbocycles. The molecule has 1 aromatic rings. The summed E-state index contributed by atoms with van der Waals surface area (Å²) in [6.45, 7) is 3.57. The molecular formula is C16H22BrNO2. The van der Waals surface area contributed by atoms with Crippen LogP contribution in [0.2, 0.25) is 0 Å². The summed E-state index contributed by atoms with van der Waals surface area (Å²) in [5.74, 6) is 3.07. The van der Waals surface area contributed by atoms with E-state index in [0.29, 0.717) is 19.1 Å². The molecule has 0 aromatic heterocycles. The Morgan fingerprint density at radius 2 is 1.70 bits per heavy atom. The molecule has 1 aliphatic heterocycles. The van der Waals surface area contributed by atoms with Gasteiger partial charge in [-0.3, -0.25) is 0 Å². The molecule has 110 valence electrons. The molecule has 0 bridgehead atoms. The first-order chi connectivity index (χ1) is 9.65. The molecule has 20 heavy (non-hydrogen) atoms. The van der Waals surface area contributed by atoms with Crippen molar-refractivity contribution in [2.45, 2.75) is 38.6 Å². The number of halogens is 1. The van der Waals surface area contributed by atoms with Crippen molar-refractivity contribution in [1.82, 2.24) is 0 Å². The lowest BCUT2D eigenvalue weighted by Crippen LogP contribution is -2.26. The minimum Gasteiger partial charge on any atom is -0.486 e. The number of nitrogens with two attached hydrogens (primary N) is 1. The predicted molar refractivity (Wildman–Crippen MR) is 83.2 cm³/mol. The fourth-order valence-corrected chi connectivity index (χ4v) is 3.82. The van der Waals surface area contributed by atoms with Gasteiger partial charge in [-0.2, -0.15) is 0 Å². The topological polar surface area (TPSA) is 44.5 Å². The maximum Gasteiger partial charge on any atom is 0.162 e. The number of rotatable bonds is 2. The minimum atomic E-state index is 0.0766. The Hall–Kier alpha value is -0.740. The summed E-state index contributed by atoms with van der Waals surface area (Å²) >= 11 is 3.64. The molecule has 4 heteroatoms. The molecule has 1 fully saturated rings. The van der Waals surface area contributed by atoms with Crippen LogP contribution in [-0.4, -0.2) is 13.2 Å². The van der Waals surface area contributed by atoms with Crippen molar-refractivity contribution in [3.05, 3.63) is 22.2 Å². The lowest BCUT2D eigenvalue weighted by molar-refractivity contribution is 0.171. The van der Waals surface area contributed by atoms with E-state index in [2.05, 4.69) is 28.9 Å². The third kappa shape index (κ3) is 2.82. The van der Waals surface area contributed by atoms with Crippen molar-refractivity contribution in [3.8, 4) is 11.5 Å². The molecular weight excluding hydrogens is 318 g/mol. The van der Waals surface area contributed by atoms with E-state index in [4.69, 9.17) is 15.2 Å². The summed E-state index contributed by atoms with van der Waals surface area (Å²) in [5.41, 5.74) is 7.67. The van der Waals surface area contributed by atoms with Crippen LogP contribution < -0.4 is 15.2 Å². The quantitative estimate of drug-likeness (QED) is 0.883. The molecule has 0 radical (unpaired) electrons. The summed E-state index contributed by atoms with van der Waals surface area (Å²) in [7, 11) is 0. The van der Waals surface area contributed by atoms with E-state index in [1.165, 1.54) is 25.7 Å². The summed E-state index contributed by atoms with van der Waals surface area (Å²) in [5, 5.41) is 0. The first kappa shape index (κ1) is 14.2. The summed E-state index contributed by atoms with van der Waals surface area (Å²) in [6.07, 6.45) is 5.04. The zero-order chi connectivity index (χ0) is 14.1. The number of hydrogen-bond acceptors (Lipinski definition) is 3. The maximum atomic E-state index is 6.52. The maximum absolute atomic E-state index is 6.52.